The minimum atomic E-state index is 0.585. The molecule has 2 rings (SSSR count). The summed E-state index contributed by atoms with van der Waals surface area (Å²) < 4.78 is 1.31. The second-order valence-corrected chi connectivity index (χ2v) is 5.42. The van der Waals surface area contributed by atoms with E-state index in [1.807, 2.05) is 0 Å². The van der Waals surface area contributed by atoms with Crippen LogP contribution < -0.4 is 0 Å². The second-order valence-electron chi connectivity index (χ2n) is 4.26. The first kappa shape index (κ1) is 11.6. The third-order valence-corrected chi connectivity index (χ3v) is 3.68. The van der Waals surface area contributed by atoms with Gasteiger partial charge in [-0.05, 0) is 51.3 Å². The lowest BCUT2D eigenvalue weighted by Gasteiger charge is -2.09. The van der Waals surface area contributed by atoms with Crippen molar-refractivity contribution in [3.8, 4) is 11.1 Å². The van der Waals surface area contributed by atoms with Crippen LogP contribution >= 0.6 is 22.6 Å². The average Bonchev–Trinajstić information content (AvgIpc) is 2.30. The SMILES string of the molecule is CC(C)c1cccc(-c2ccccc2I)c1. The van der Waals surface area contributed by atoms with Crippen LogP contribution in [0.3, 0.4) is 0 Å². The zero-order valence-corrected chi connectivity index (χ0v) is 11.7. The minimum Gasteiger partial charge on any atom is -0.0616 e. The van der Waals surface area contributed by atoms with E-state index >= 15 is 0 Å². The summed E-state index contributed by atoms with van der Waals surface area (Å²) in [6.07, 6.45) is 0. The first-order valence-corrected chi connectivity index (χ1v) is 6.61. The van der Waals surface area contributed by atoms with Crippen LogP contribution in [0.2, 0.25) is 0 Å². The van der Waals surface area contributed by atoms with Crippen LogP contribution in [0.4, 0.5) is 0 Å². The summed E-state index contributed by atoms with van der Waals surface area (Å²) in [7, 11) is 0. The summed E-state index contributed by atoms with van der Waals surface area (Å²) in [6.45, 7) is 4.46. The van der Waals surface area contributed by atoms with Crippen LogP contribution in [0, 0.1) is 3.57 Å². The van der Waals surface area contributed by atoms with E-state index in [4.69, 9.17) is 0 Å². The van der Waals surface area contributed by atoms with E-state index in [1.165, 1.54) is 20.3 Å². The molecule has 0 nitrogen and oxygen atoms in total. The van der Waals surface area contributed by atoms with Gasteiger partial charge >= 0.3 is 0 Å². The molecule has 0 aliphatic heterocycles. The molecule has 0 N–H and O–H groups in total. The van der Waals surface area contributed by atoms with Crippen LogP contribution in [0.15, 0.2) is 48.5 Å². The summed E-state index contributed by atoms with van der Waals surface area (Å²) >= 11 is 2.39. The van der Waals surface area contributed by atoms with Gasteiger partial charge in [-0.2, -0.15) is 0 Å². The van der Waals surface area contributed by atoms with Crippen molar-refractivity contribution in [1.82, 2.24) is 0 Å². The number of benzene rings is 2. The van der Waals surface area contributed by atoms with Gasteiger partial charge in [-0.1, -0.05) is 56.3 Å². The molecule has 0 spiro atoms. The minimum absolute atomic E-state index is 0.585. The molecule has 0 heterocycles. The van der Waals surface area contributed by atoms with E-state index in [9.17, 15) is 0 Å². The van der Waals surface area contributed by atoms with Gasteiger partial charge in [0.15, 0.2) is 0 Å². The Balaban J connectivity index is 2.49. The largest absolute Gasteiger partial charge is 0.0616 e. The quantitative estimate of drug-likeness (QED) is 0.676. The van der Waals surface area contributed by atoms with Gasteiger partial charge in [0.25, 0.3) is 0 Å². The van der Waals surface area contributed by atoms with Gasteiger partial charge in [0.05, 0.1) is 0 Å². The Morgan fingerprint density at radius 1 is 0.938 bits per heavy atom. The van der Waals surface area contributed by atoms with E-state index in [0.717, 1.165) is 0 Å². The molecule has 16 heavy (non-hydrogen) atoms. The molecular weight excluding hydrogens is 307 g/mol. The first-order valence-electron chi connectivity index (χ1n) is 5.53. The molecule has 0 saturated carbocycles. The highest BCUT2D eigenvalue weighted by atomic mass is 127. The average molecular weight is 322 g/mol. The highest BCUT2D eigenvalue weighted by Crippen LogP contribution is 2.27. The predicted octanol–water partition coefficient (Wildman–Crippen LogP) is 5.08. The van der Waals surface area contributed by atoms with Crippen molar-refractivity contribution in [2.45, 2.75) is 19.8 Å². The molecule has 2 aromatic rings. The van der Waals surface area contributed by atoms with Crippen LogP contribution in [0.1, 0.15) is 25.3 Å². The molecule has 2 aromatic carbocycles. The van der Waals surface area contributed by atoms with Gasteiger partial charge in [0.1, 0.15) is 0 Å². The Morgan fingerprint density at radius 2 is 1.69 bits per heavy atom. The molecule has 0 aliphatic carbocycles. The lowest BCUT2D eigenvalue weighted by atomic mass is 9.97. The maximum absolute atomic E-state index is 2.39. The standard InChI is InChI=1S/C15H15I/c1-11(2)12-6-5-7-13(10-12)14-8-3-4-9-15(14)16/h3-11H,1-2H3. The zero-order valence-electron chi connectivity index (χ0n) is 9.57. The monoisotopic (exact) mass is 322 g/mol. The van der Waals surface area contributed by atoms with Gasteiger partial charge in [0, 0.05) is 3.57 Å². The summed E-state index contributed by atoms with van der Waals surface area (Å²) in [5.74, 6) is 0.585. The Hall–Kier alpha value is -0.830. The van der Waals surface area contributed by atoms with E-state index in [0.29, 0.717) is 5.92 Å². The third-order valence-electron chi connectivity index (χ3n) is 2.74. The van der Waals surface area contributed by atoms with Crippen molar-refractivity contribution in [2.75, 3.05) is 0 Å². The Morgan fingerprint density at radius 3 is 2.38 bits per heavy atom. The molecule has 0 radical (unpaired) electrons. The highest BCUT2D eigenvalue weighted by Gasteiger charge is 2.04. The molecule has 1 heteroatoms. The van der Waals surface area contributed by atoms with Crippen molar-refractivity contribution in [2.24, 2.45) is 0 Å². The lowest BCUT2D eigenvalue weighted by molar-refractivity contribution is 0.867. The van der Waals surface area contributed by atoms with E-state index in [-0.39, 0.29) is 0 Å². The van der Waals surface area contributed by atoms with Crippen LogP contribution in [-0.4, -0.2) is 0 Å². The van der Waals surface area contributed by atoms with Gasteiger partial charge in [-0.3, -0.25) is 0 Å². The fourth-order valence-electron chi connectivity index (χ4n) is 1.76. The smallest absolute Gasteiger partial charge is 0.0208 e. The van der Waals surface area contributed by atoms with Gasteiger partial charge < -0.3 is 0 Å². The molecule has 0 unspecified atom stereocenters. The first-order chi connectivity index (χ1) is 7.68. The van der Waals surface area contributed by atoms with E-state index in [1.54, 1.807) is 0 Å². The Bertz CT molecular complexity index is 486. The lowest BCUT2D eigenvalue weighted by Crippen LogP contribution is -1.88. The van der Waals surface area contributed by atoms with Crippen molar-refractivity contribution < 1.29 is 0 Å². The van der Waals surface area contributed by atoms with E-state index in [2.05, 4.69) is 85.0 Å². The molecule has 82 valence electrons. The van der Waals surface area contributed by atoms with Crippen LogP contribution in [0.5, 0.6) is 0 Å². The number of hydrogen-bond acceptors (Lipinski definition) is 0. The predicted molar refractivity (Wildman–Crippen MR) is 78.7 cm³/mol. The summed E-state index contributed by atoms with van der Waals surface area (Å²) in [5.41, 5.74) is 4.04. The van der Waals surface area contributed by atoms with E-state index < -0.39 is 0 Å². The maximum atomic E-state index is 2.39. The van der Waals surface area contributed by atoms with Crippen LogP contribution in [0.25, 0.3) is 11.1 Å². The van der Waals surface area contributed by atoms with Gasteiger partial charge in [-0.15, -0.1) is 0 Å². The Kier molecular flexibility index (Phi) is 3.64. The molecule has 0 aromatic heterocycles. The van der Waals surface area contributed by atoms with Crippen molar-refractivity contribution >= 4 is 22.6 Å². The fraction of sp³-hybridized carbons (Fsp3) is 0.200. The summed E-state index contributed by atoms with van der Waals surface area (Å²) in [5, 5.41) is 0. The van der Waals surface area contributed by atoms with Crippen molar-refractivity contribution in [3.63, 3.8) is 0 Å². The summed E-state index contributed by atoms with van der Waals surface area (Å²) in [4.78, 5) is 0. The third kappa shape index (κ3) is 2.46. The second kappa shape index (κ2) is 5.00. The van der Waals surface area contributed by atoms with Crippen molar-refractivity contribution in [3.05, 3.63) is 57.7 Å². The zero-order chi connectivity index (χ0) is 11.5. The Labute approximate surface area is 111 Å². The fourth-order valence-corrected chi connectivity index (χ4v) is 2.46. The number of halogens is 1. The van der Waals surface area contributed by atoms with Crippen LogP contribution in [-0.2, 0) is 0 Å². The van der Waals surface area contributed by atoms with Crippen molar-refractivity contribution in [1.29, 1.82) is 0 Å². The molecule has 0 aliphatic rings. The molecule has 0 bridgehead atoms. The number of hydrogen-bond donors (Lipinski definition) is 0. The molecule has 0 amide bonds. The summed E-state index contributed by atoms with van der Waals surface area (Å²) in [6, 6.07) is 17.3. The topological polar surface area (TPSA) is 0 Å². The van der Waals surface area contributed by atoms with Gasteiger partial charge in [-0.25, -0.2) is 0 Å². The highest BCUT2D eigenvalue weighted by molar-refractivity contribution is 14.1. The molecule has 0 atom stereocenters. The normalized spacial score (nSPS) is 10.8. The maximum Gasteiger partial charge on any atom is 0.0208 e. The molecular formula is C15H15I. The number of rotatable bonds is 2. The molecule has 0 saturated heterocycles. The van der Waals surface area contributed by atoms with Gasteiger partial charge in [0.2, 0.25) is 0 Å². The molecule has 0 fully saturated rings.